The first-order valence-electron chi connectivity index (χ1n) is 7.43. The molecule has 1 N–H and O–H groups in total. The van der Waals surface area contributed by atoms with Crippen LogP contribution in [0.3, 0.4) is 0 Å². The molecule has 0 unspecified atom stereocenters. The van der Waals surface area contributed by atoms with Gasteiger partial charge in [-0.1, -0.05) is 42.0 Å². The molecule has 0 saturated carbocycles. The van der Waals surface area contributed by atoms with Gasteiger partial charge >= 0.3 is 0 Å². The van der Waals surface area contributed by atoms with Crippen LogP contribution in [0.4, 0.5) is 0 Å². The van der Waals surface area contributed by atoms with Crippen molar-refractivity contribution in [2.75, 3.05) is 6.61 Å². The number of ether oxygens (including phenoxy) is 1. The van der Waals surface area contributed by atoms with Gasteiger partial charge in [-0.15, -0.1) is 0 Å². The maximum absolute atomic E-state index is 12.2. The zero-order chi connectivity index (χ0) is 16.7. The predicted molar refractivity (Wildman–Crippen MR) is 92.8 cm³/mol. The summed E-state index contributed by atoms with van der Waals surface area (Å²) in [6, 6.07) is 14.3. The molecule has 0 saturated heterocycles. The normalized spacial score (nSPS) is 10.5. The van der Waals surface area contributed by atoms with Crippen molar-refractivity contribution in [1.82, 2.24) is 0 Å². The van der Waals surface area contributed by atoms with Crippen molar-refractivity contribution in [3.05, 3.63) is 77.4 Å². The highest BCUT2D eigenvalue weighted by Gasteiger charge is 2.09. The lowest BCUT2D eigenvalue weighted by Gasteiger charge is -2.06. The first-order chi connectivity index (χ1) is 11.1. The Labute approximate surface area is 136 Å². The van der Waals surface area contributed by atoms with Gasteiger partial charge in [0.25, 0.3) is 0 Å². The third-order valence-electron chi connectivity index (χ3n) is 3.20. The standard InChI is InChI=1S/C20H20O3/c1-15(2)12-13-23-17-9-10-18(20(22)14-17)19(21)11-8-16-6-4-3-5-7-16/h3-12,14,22H,13H2,1-2H3/b11-8+. The van der Waals surface area contributed by atoms with Gasteiger partial charge in [0.15, 0.2) is 5.78 Å². The molecule has 0 aliphatic rings. The molecule has 23 heavy (non-hydrogen) atoms. The summed E-state index contributed by atoms with van der Waals surface area (Å²) in [5, 5.41) is 10.0. The summed E-state index contributed by atoms with van der Waals surface area (Å²) in [5.74, 6) is 0.202. The maximum Gasteiger partial charge on any atom is 0.189 e. The first kappa shape index (κ1) is 16.6. The number of allylic oxidation sites excluding steroid dienone is 2. The molecule has 0 aromatic heterocycles. The number of phenols is 1. The number of rotatable bonds is 6. The number of hydrogen-bond donors (Lipinski definition) is 1. The minimum Gasteiger partial charge on any atom is -0.507 e. The molecule has 118 valence electrons. The Balaban J connectivity index is 2.06. The van der Waals surface area contributed by atoms with Crippen LogP contribution in [-0.4, -0.2) is 17.5 Å². The van der Waals surface area contributed by atoms with Crippen LogP contribution < -0.4 is 4.74 Å². The highest BCUT2D eigenvalue weighted by atomic mass is 16.5. The van der Waals surface area contributed by atoms with E-state index in [1.165, 1.54) is 12.1 Å². The summed E-state index contributed by atoms with van der Waals surface area (Å²) < 4.78 is 5.50. The van der Waals surface area contributed by atoms with Crippen LogP contribution in [0.15, 0.2) is 66.3 Å². The maximum atomic E-state index is 12.2. The molecule has 2 aromatic carbocycles. The number of aromatic hydroxyl groups is 1. The van der Waals surface area contributed by atoms with E-state index in [1.54, 1.807) is 18.2 Å². The highest BCUT2D eigenvalue weighted by molar-refractivity contribution is 6.08. The zero-order valence-corrected chi connectivity index (χ0v) is 13.3. The van der Waals surface area contributed by atoms with Gasteiger partial charge in [-0.3, -0.25) is 4.79 Å². The van der Waals surface area contributed by atoms with E-state index in [-0.39, 0.29) is 17.1 Å². The topological polar surface area (TPSA) is 46.5 Å². The van der Waals surface area contributed by atoms with Gasteiger partial charge in [-0.2, -0.15) is 0 Å². The molecule has 0 amide bonds. The number of hydrogen-bond acceptors (Lipinski definition) is 3. The van der Waals surface area contributed by atoms with E-state index in [0.29, 0.717) is 12.4 Å². The van der Waals surface area contributed by atoms with Crippen LogP contribution in [0.25, 0.3) is 6.08 Å². The molecule has 0 heterocycles. The fraction of sp³-hybridized carbons (Fsp3) is 0.150. The van der Waals surface area contributed by atoms with Gasteiger partial charge < -0.3 is 9.84 Å². The summed E-state index contributed by atoms with van der Waals surface area (Å²) >= 11 is 0. The highest BCUT2D eigenvalue weighted by Crippen LogP contribution is 2.24. The Hall–Kier alpha value is -2.81. The molecule has 2 aromatic rings. The molecule has 0 atom stereocenters. The van der Waals surface area contributed by atoms with Crippen LogP contribution in [0, 0.1) is 0 Å². The Morgan fingerprint density at radius 3 is 2.52 bits per heavy atom. The number of carbonyl (C=O) groups excluding carboxylic acids is 1. The minimum atomic E-state index is -0.248. The van der Waals surface area contributed by atoms with E-state index >= 15 is 0 Å². The third-order valence-corrected chi connectivity index (χ3v) is 3.20. The average Bonchev–Trinajstić information content (AvgIpc) is 2.53. The van der Waals surface area contributed by atoms with E-state index in [9.17, 15) is 9.90 Å². The number of ketones is 1. The molecule has 0 radical (unpaired) electrons. The van der Waals surface area contributed by atoms with E-state index in [0.717, 1.165) is 11.1 Å². The van der Waals surface area contributed by atoms with Gasteiger partial charge in [0.05, 0.1) is 5.56 Å². The molecule has 2 rings (SSSR count). The van der Waals surface area contributed by atoms with Crippen LogP contribution >= 0.6 is 0 Å². The summed E-state index contributed by atoms with van der Waals surface area (Å²) in [6.07, 6.45) is 5.12. The first-order valence-corrected chi connectivity index (χ1v) is 7.43. The minimum absolute atomic E-state index is 0.0811. The van der Waals surface area contributed by atoms with Gasteiger partial charge in [-0.25, -0.2) is 0 Å². The van der Waals surface area contributed by atoms with Gasteiger partial charge in [0.1, 0.15) is 18.1 Å². The predicted octanol–water partition coefficient (Wildman–Crippen LogP) is 4.63. The molecule has 0 bridgehead atoms. The van der Waals surface area contributed by atoms with Crippen molar-refractivity contribution < 1.29 is 14.6 Å². The lowest BCUT2D eigenvalue weighted by Crippen LogP contribution is -1.98. The van der Waals surface area contributed by atoms with Crippen molar-refractivity contribution in [2.45, 2.75) is 13.8 Å². The largest absolute Gasteiger partial charge is 0.507 e. The van der Waals surface area contributed by atoms with Gasteiger partial charge in [0, 0.05) is 6.07 Å². The quantitative estimate of drug-likeness (QED) is 0.480. The Morgan fingerprint density at radius 1 is 1.13 bits per heavy atom. The van der Waals surface area contributed by atoms with Crippen molar-refractivity contribution in [2.24, 2.45) is 0 Å². The van der Waals surface area contributed by atoms with Gasteiger partial charge in [-0.05, 0) is 43.7 Å². The molecule has 3 nitrogen and oxygen atoms in total. The van der Waals surface area contributed by atoms with E-state index in [4.69, 9.17) is 4.74 Å². The molecular formula is C20H20O3. The zero-order valence-electron chi connectivity index (χ0n) is 13.3. The summed E-state index contributed by atoms with van der Waals surface area (Å²) in [7, 11) is 0. The Bertz CT molecular complexity index is 724. The lowest BCUT2D eigenvalue weighted by molar-refractivity contribution is 0.104. The fourth-order valence-corrected chi connectivity index (χ4v) is 1.94. The fourth-order valence-electron chi connectivity index (χ4n) is 1.94. The second-order valence-corrected chi connectivity index (χ2v) is 5.38. The smallest absolute Gasteiger partial charge is 0.189 e. The van der Waals surface area contributed by atoms with E-state index in [2.05, 4.69) is 0 Å². The number of benzene rings is 2. The molecule has 3 heteroatoms. The summed E-state index contributed by atoms with van der Waals surface area (Å²) in [5.41, 5.74) is 2.35. The van der Waals surface area contributed by atoms with Crippen LogP contribution in [-0.2, 0) is 0 Å². The average molecular weight is 308 g/mol. The van der Waals surface area contributed by atoms with Crippen molar-refractivity contribution in [1.29, 1.82) is 0 Å². The molecule has 0 fully saturated rings. The SMILES string of the molecule is CC(C)=CCOc1ccc(C(=O)/C=C/c2ccccc2)c(O)c1. The molecule has 0 spiro atoms. The van der Waals surface area contributed by atoms with E-state index in [1.807, 2.05) is 50.3 Å². The Morgan fingerprint density at radius 2 is 1.87 bits per heavy atom. The van der Waals surface area contributed by atoms with Crippen LogP contribution in [0.1, 0.15) is 29.8 Å². The third kappa shape index (κ3) is 5.15. The number of phenolic OH excluding ortho intramolecular Hbond substituents is 1. The summed E-state index contributed by atoms with van der Waals surface area (Å²) in [6.45, 7) is 4.41. The van der Waals surface area contributed by atoms with Crippen LogP contribution in [0.5, 0.6) is 11.5 Å². The van der Waals surface area contributed by atoms with Crippen molar-refractivity contribution in [3.63, 3.8) is 0 Å². The summed E-state index contributed by atoms with van der Waals surface area (Å²) in [4.78, 5) is 12.2. The van der Waals surface area contributed by atoms with Crippen LogP contribution in [0.2, 0.25) is 0 Å². The molecular weight excluding hydrogens is 288 g/mol. The van der Waals surface area contributed by atoms with Crippen molar-refractivity contribution >= 4 is 11.9 Å². The van der Waals surface area contributed by atoms with Crippen molar-refractivity contribution in [3.8, 4) is 11.5 Å². The van der Waals surface area contributed by atoms with Gasteiger partial charge in [0.2, 0.25) is 0 Å². The second-order valence-electron chi connectivity index (χ2n) is 5.38. The molecule has 0 aliphatic carbocycles. The number of carbonyl (C=O) groups is 1. The van der Waals surface area contributed by atoms with E-state index < -0.39 is 0 Å². The Kier molecular flexibility index (Phi) is 5.75. The second kappa shape index (κ2) is 7.99. The monoisotopic (exact) mass is 308 g/mol. The molecule has 0 aliphatic heterocycles. The lowest BCUT2D eigenvalue weighted by atomic mass is 10.1.